The number of aromatic nitrogens is 1. The molecule has 8 nitrogen and oxygen atoms in total. The zero-order valence-corrected chi connectivity index (χ0v) is 20.5. The predicted octanol–water partition coefficient (Wildman–Crippen LogP) is 3.70. The molecule has 0 saturated carbocycles. The van der Waals surface area contributed by atoms with Gasteiger partial charge in [0.05, 0.1) is 28.3 Å². The third kappa shape index (κ3) is 6.73. The van der Waals surface area contributed by atoms with Gasteiger partial charge in [-0.05, 0) is 55.8 Å². The standard InChI is InChI=1S/C23H29N3O5S2/c1-3-5-6-14-31-18-9-7-17(8-10-18)22(27)25-23-26(13-15-30-4-2)20-12-11-19(33(24,28)29)16-21(20)32-23/h7-12,16H,3-6,13-15H2,1-2H3,(H2,24,28,29). The lowest BCUT2D eigenvalue weighted by Gasteiger charge is -2.06. The van der Waals surface area contributed by atoms with Crippen molar-refractivity contribution in [2.24, 2.45) is 10.1 Å². The number of hydrogen-bond acceptors (Lipinski definition) is 6. The van der Waals surface area contributed by atoms with Gasteiger partial charge < -0.3 is 14.0 Å². The van der Waals surface area contributed by atoms with E-state index >= 15 is 0 Å². The smallest absolute Gasteiger partial charge is 0.279 e. The van der Waals surface area contributed by atoms with Crippen LogP contribution < -0.4 is 14.7 Å². The Morgan fingerprint density at radius 2 is 1.85 bits per heavy atom. The molecule has 1 aromatic heterocycles. The van der Waals surface area contributed by atoms with E-state index in [0.29, 0.717) is 47.2 Å². The SMILES string of the molecule is CCCCCOc1ccc(C(=O)N=c2sc3cc(S(N)(=O)=O)ccc3n2CCOCC)cc1. The molecule has 0 unspecified atom stereocenters. The van der Waals surface area contributed by atoms with Crippen molar-refractivity contribution in [3.8, 4) is 5.75 Å². The Labute approximate surface area is 197 Å². The maximum absolute atomic E-state index is 12.8. The molecule has 0 aliphatic rings. The zero-order valence-electron chi connectivity index (χ0n) is 18.8. The van der Waals surface area contributed by atoms with Crippen LogP contribution in [-0.2, 0) is 21.3 Å². The van der Waals surface area contributed by atoms with Crippen LogP contribution in [0.25, 0.3) is 10.2 Å². The van der Waals surface area contributed by atoms with Crippen LogP contribution in [0, 0.1) is 0 Å². The molecule has 0 bridgehead atoms. The molecule has 0 radical (unpaired) electrons. The summed E-state index contributed by atoms with van der Waals surface area (Å²) in [6, 6.07) is 11.5. The van der Waals surface area contributed by atoms with Crippen molar-refractivity contribution in [3.05, 3.63) is 52.8 Å². The van der Waals surface area contributed by atoms with Crippen molar-refractivity contribution in [2.45, 2.75) is 44.6 Å². The summed E-state index contributed by atoms with van der Waals surface area (Å²) >= 11 is 1.23. The molecule has 33 heavy (non-hydrogen) atoms. The molecule has 2 N–H and O–H groups in total. The highest BCUT2D eigenvalue weighted by molar-refractivity contribution is 7.89. The molecule has 0 fully saturated rings. The van der Waals surface area contributed by atoms with Crippen molar-refractivity contribution in [1.29, 1.82) is 0 Å². The Hall–Kier alpha value is -2.53. The van der Waals surface area contributed by atoms with Crippen LogP contribution in [0.15, 0.2) is 52.4 Å². The second-order valence-electron chi connectivity index (χ2n) is 7.40. The Bertz CT molecular complexity index is 1260. The number of carbonyl (C=O) groups excluding carboxylic acids is 1. The van der Waals surface area contributed by atoms with E-state index in [2.05, 4.69) is 11.9 Å². The number of rotatable bonds is 11. The second kappa shape index (κ2) is 11.6. The van der Waals surface area contributed by atoms with Gasteiger partial charge in [0.25, 0.3) is 5.91 Å². The Kier molecular flexibility index (Phi) is 8.79. The summed E-state index contributed by atoms with van der Waals surface area (Å²) in [7, 11) is -3.84. The fraction of sp³-hybridized carbons (Fsp3) is 0.391. The number of primary sulfonamides is 1. The highest BCUT2D eigenvalue weighted by Gasteiger charge is 2.14. The monoisotopic (exact) mass is 491 g/mol. The number of thiazole rings is 1. The van der Waals surface area contributed by atoms with E-state index in [0.717, 1.165) is 24.8 Å². The van der Waals surface area contributed by atoms with Crippen LogP contribution in [0.1, 0.15) is 43.5 Å². The second-order valence-corrected chi connectivity index (χ2v) is 9.98. The first-order valence-corrected chi connectivity index (χ1v) is 13.3. The van der Waals surface area contributed by atoms with Crippen molar-refractivity contribution in [2.75, 3.05) is 19.8 Å². The number of fused-ring (bicyclic) bond motifs is 1. The molecule has 2 aromatic carbocycles. The predicted molar refractivity (Wildman–Crippen MR) is 129 cm³/mol. The number of carbonyl (C=O) groups is 1. The molecule has 0 aliphatic heterocycles. The molecule has 10 heteroatoms. The van der Waals surface area contributed by atoms with Gasteiger partial charge in [0, 0.05) is 18.7 Å². The van der Waals surface area contributed by atoms with E-state index in [1.54, 1.807) is 30.3 Å². The normalized spacial score (nSPS) is 12.4. The van der Waals surface area contributed by atoms with Crippen molar-refractivity contribution in [3.63, 3.8) is 0 Å². The molecule has 0 aliphatic carbocycles. The molecule has 1 amide bonds. The van der Waals surface area contributed by atoms with E-state index < -0.39 is 15.9 Å². The molecule has 3 rings (SSSR count). The van der Waals surface area contributed by atoms with Gasteiger partial charge in [0.15, 0.2) is 4.80 Å². The van der Waals surface area contributed by atoms with Crippen LogP contribution in [0.2, 0.25) is 0 Å². The molecular formula is C23H29N3O5S2. The molecule has 3 aromatic rings. The first kappa shape index (κ1) is 25.1. The number of ether oxygens (including phenoxy) is 2. The minimum Gasteiger partial charge on any atom is -0.494 e. The number of unbranched alkanes of at least 4 members (excludes halogenated alkanes) is 2. The van der Waals surface area contributed by atoms with E-state index in [9.17, 15) is 13.2 Å². The van der Waals surface area contributed by atoms with Gasteiger partial charge in [0.1, 0.15) is 5.75 Å². The number of sulfonamides is 1. The van der Waals surface area contributed by atoms with Crippen LogP contribution in [0.5, 0.6) is 5.75 Å². The molecule has 0 saturated heterocycles. The number of nitrogens with zero attached hydrogens (tertiary/aromatic N) is 2. The number of nitrogens with two attached hydrogens (primary N) is 1. The lowest BCUT2D eigenvalue weighted by atomic mass is 10.2. The maximum Gasteiger partial charge on any atom is 0.279 e. The molecule has 178 valence electrons. The Morgan fingerprint density at radius 3 is 2.52 bits per heavy atom. The van der Waals surface area contributed by atoms with Gasteiger partial charge in [-0.3, -0.25) is 4.79 Å². The van der Waals surface area contributed by atoms with Gasteiger partial charge in [-0.15, -0.1) is 0 Å². The van der Waals surface area contributed by atoms with E-state index in [1.165, 1.54) is 23.5 Å². The van der Waals surface area contributed by atoms with Gasteiger partial charge in [-0.1, -0.05) is 31.1 Å². The highest BCUT2D eigenvalue weighted by Crippen LogP contribution is 2.22. The lowest BCUT2D eigenvalue weighted by Crippen LogP contribution is -2.19. The van der Waals surface area contributed by atoms with Crippen LogP contribution in [0.4, 0.5) is 0 Å². The Morgan fingerprint density at radius 1 is 1.09 bits per heavy atom. The number of amides is 1. The zero-order chi connectivity index (χ0) is 23.8. The van der Waals surface area contributed by atoms with E-state index in [1.807, 2.05) is 11.5 Å². The van der Waals surface area contributed by atoms with Gasteiger partial charge in [0.2, 0.25) is 10.0 Å². The van der Waals surface area contributed by atoms with Crippen molar-refractivity contribution >= 4 is 37.5 Å². The summed E-state index contributed by atoms with van der Waals surface area (Å²) in [6.45, 7) is 6.16. The molecular weight excluding hydrogens is 462 g/mol. The van der Waals surface area contributed by atoms with Crippen molar-refractivity contribution in [1.82, 2.24) is 4.57 Å². The van der Waals surface area contributed by atoms with Gasteiger partial charge in [-0.2, -0.15) is 4.99 Å². The first-order valence-electron chi connectivity index (χ1n) is 10.9. The topological polar surface area (TPSA) is 113 Å². The minimum absolute atomic E-state index is 0.0145. The van der Waals surface area contributed by atoms with Crippen LogP contribution >= 0.6 is 11.3 Å². The lowest BCUT2D eigenvalue weighted by molar-refractivity contribution is 0.0996. The third-order valence-corrected chi connectivity index (χ3v) is 6.91. The van der Waals surface area contributed by atoms with E-state index in [4.69, 9.17) is 14.6 Å². The molecule has 0 atom stereocenters. The quantitative estimate of drug-likeness (QED) is 0.411. The summed E-state index contributed by atoms with van der Waals surface area (Å²) in [5, 5.41) is 5.27. The van der Waals surface area contributed by atoms with Crippen molar-refractivity contribution < 1.29 is 22.7 Å². The number of hydrogen-bond donors (Lipinski definition) is 1. The summed E-state index contributed by atoms with van der Waals surface area (Å²) in [5.41, 5.74) is 1.20. The van der Waals surface area contributed by atoms with Gasteiger partial charge >= 0.3 is 0 Å². The largest absolute Gasteiger partial charge is 0.494 e. The Balaban J connectivity index is 1.90. The minimum atomic E-state index is -3.84. The number of benzene rings is 2. The van der Waals surface area contributed by atoms with Gasteiger partial charge in [-0.25, -0.2) is 13.6 Å². The average molecular weight is 492 g/mol. The van der Waals surface area contributed by atoms with Crippen LogP contribution in [-0.4, -0.2) is 38.7 Å². The van der Waals surface area contributed by atoms with Crippen LogP contribution in [0.3, 0.4) is 0 Å². The summed E-state index contributed by atoms with van der Waals surface area (Å²) < 4.78 is 37.2. The van der Waals surface area contributed by atoms with E-state index in [-0.39, 0.29) is 4.90 Å². The fourth-order valence-corrected chi connectivity index (χ4v) is 4.93. The maximum atomic E-state index is 12.8. The third-order valence-electron chi connectivity index (χ3n) is 4.96. The first-order chi connectivity index (χ1) is 15.8. The summed E-state index contributed by atoms with van der Waals surface area (Å²) in [6.07, 6.45) is 3.24. The average Bonchev–Trinajstić information content (AvgIpc) is 3.13. The summed E-state index contributed by atoms with van der Waals surface area (Å²) in [4.78, 5) is 17.6. The fourth-order valence-electron chi connectivity index (χ4n) is 3.22. The molecule has 0 spiro atoms. The summed E-state index contributed by atoms with van der Waals surface area (Å²) in [5.74, 6) is 0.322. The highest BCUT2D eigenvalue weighted by atomic mass is 32.2. The molecule has 1 heterocycles.